The molecule has 1 N–H and O–H groups in total. The fourth-order valence-electron chi connectivity index (χ4n) is 2.09. The molecule has 2 rings (SSSR count). The number of benzene rings is 1. The van der Waals surface area contributed by atoms with E-state index in [0.717, 1.165) is 21.3 Å². The predicted octanol–water partition coefficient (Wildman–Crippen LogP) is 3.53. The van der Waals surface area contributed by atoms with Crippen molar-refractivity contribution in [2.24, 2.45) is 0 Å². The van der Waals surface area contributed by atoms with Crippen LogP contribution in [0.2, 0.25) is 0 Å². The van der Waals surface area contributed by atoms with Crippen molar-refractivity contribution in [1.29, 1.82) is 0 Å². The first-order valence-corrected chi connectivity index (χ1v) is 6.46. The van der Waals surface area contributed by atoms with Crippen LogP contribution < -0.4 is 9.47 Å². The summed E-state index contributed by atoms with van der Waals surface area (Å²) in [5.74, 6) is 1.72. The van der Waals surface area contributed by atoms with Crippen molar-refractivity contribution in [3.8, 4) is 11.5 Å². The molecule has 0 spiro atoms. The Morgan fingerprint density at radius 2 is 2.00 bits per heavy atom. The Bertz CT molecular complexity index is 447. The molecule has 0 saturated heterocycles. The maximum Gasteiger partial charge on any atom is 0.231 e. The monoisotopic (exact) mass is 300 g/mol. The zero-order chi connectivity index (χ0) is 12.8. The summed E-state index contributed by atoms with van der Waals surface area (Å²) < 4.78 is 11.7. The maximum absolute atomic E-state index is 10.3. The Kier molecular flexibility index (Phi) is 3.12. The van der Waals surface area contributed by atoms with E-state index in [-0.39, 0.29) is 6.79 Å². The lowest BCUT2D eigenvalue weighted by Crippen LogP contribution is -2.19. The molecule has 0 fully saturated rings. The second-order valence-electron chi connectivity index (χ2n) is 5.10. The molecule has 1 aliphatic rings. The van der Waals surface area contributed by atoms with Gasteiger partial charge in [0.05, 0.1) is 10.1 Å². The Labute approximate surface area is 110 Å². The van der Waals surface area contributed by atoms with Crippen LogP contribution in [0.4, 0.5) is 0 Å². The lowest BCUT2D eigenvalue weighted by atomic mass is 9.87. The van der Waals surface area contributed by atoms with Crippen LogP contribution in [-0.4, -0.2) is 11.9 Å². The first kappa shape index (κ1) is 12.7. The number of aliphatic hydroxyl groups is 1. The molecule has 0 saturated carbocycles. The summed E-state index contributed by atoms with van der Waals surface area (Å²) >= 11 is 3.56. The molecule has 0 aromatic heterocycles. The lowest BCUT2D eigenvalue weighted by molar-refractivity contribution is 0.0770. The summed E-state index contributed by atoms with van der Waals surface area (Å²) in [7, 11) is 0. The molecule has 17 heavy (non-hydrogen) atoms. The largest absolute Gasteiger partial charge is 0.454 e. The Hall–Kier alpha value is -0.740. The number of hydrogen-bond donors (Lipinski definition) is 1. The number of hydrogen-bond acceptors (Lipinski definition) is 3. The molecule has 4 heteroatoms. The van der Waals surface area contributed by atoms with Crippen molar-refractivity contribution in [3.63, 3.8) is 0 Å². The minimum atomic E-state index is -0.900. The fraction of sp³-hybridized carbons (Fsp3) is 0.538. The smallest absolute Gasteiger partial charge is 0.231 e. The molecule has 0 amide bonds. The highest BCUT2D eigenvalue weighted by atomic mass is 79.9. The molecule has 0 radical (unpaired) electrons. The molecule has 1 aliphatic heterocycles. The summed E-state index contributed by atoms with van der Waals surface area (Å²) in [4.78, 5) is 0. The molecular formula is C13H17BrO3. The van der Waals surface area contributed by atoms with E-state index < -0.39 is 5.60 Å². The molecule has 0 atom stereocenters. The van der Waals surface area contributed by atoms with Gasteiger partial charge in [-0.05, 0) is 52.9 Å². The van der Waals surface area contributed by atoms with Gasteiger partial charge in [0, 0.05) is 0 Å². The van der Waals surface area contributed by atoms with Crippen LogP contribution in [-0.2, 0) is 5.60 Å². The average Bonchev–Trinajstić information content (AvgIpc) is 2.63. The fourth-order valence-corrected chi connectivity index (χ4v) is 3.07. The molecular weight excluding hydrogens is 284 g/mol. The maximum atomic E-state index is 10.3. The number of halogens is 1. The van der Waals surface area contributed by atoms with Crippen LogP contribution in [0.5, 0.6) is 11.5 Å². The van der Waals surface area contributed by atoms with Gasteiger partial charge in [0.25, 0.3) is 0 Å². The topological polar surface area (TPSA) is 38.7 Å². The van der Waals surface area contributed by atoms with Gasteiger partial charge in [0.2, 0.25) is 6.79 Å². The van der Waals surface area contributed by atoms with Crippen LogP contribution in [0.3, 0.4) is 0 Å². The van der Waals surface area contributed by atoms with E-state index in [4.69, 9.17) is 9.47 Å². The molecule has 1 aromatic rings. The molecule has 1 heterocycles. The summed E-state index contributed by atoms with van der Waals surface area (Å²) in [6, 6.07) is 1.88. The van der Waals surface area contributed by atoms with Crippen molar-refractivity contribution in [2.75, 3.05) is 6.79 Å². The van der Waals surface area contributed by atoms with Crippen molar-refractivity contribution in [3.05, 3.63) is 21.7 Å². The Balaban J connectivity index is 2.70. The van der Waals surface area contributed by atoms with E-state index in [2.05, 4.69) is 29.8 Å². The van der Waals surface area contributed by atoms with E-state index in [1.54, 1.807) is 13.8 Å². The quantitative estimate of drug-likeness (QED) is 0.908. The van der Waals surface area contributed by atoms with Crippen LogP contribution in [0, 0.1) is 0 Å². The lowest BCUT2D eigenvalue weighted by Gasteiger charge is -2.25. The highest BCUT2D eigenvalue weighted by Gasteiger charge is 2.30. The van der Waals surface area contributed by atoms with Gasteiger partial charge in [0.15, 0.2) is 11.5 Å². The van der Waals surface area contributed by atoms with Gasteiger partial charge in [-0.25, -0.2) is 0 Å². The zero-order valence-corrected chi connectivity index (χ0v) is 12.1. The predicted molar refractivity (Wildman–Crippen MR) is 69.6 cm³/mol. The van der Waals surface area contributed by atoms with Crippen molar-refractivity contribution in [2.45, 2.75) is 39.2 Å². The molecule has 94 valence electrons. The molecule has 1 aromatic carbocycles. The van der Waals surface area contributed by atoms with Gasteiger partial charge in [-0.1, -0.05) is 13.8 Å². The molecule has 0 unspecified atom stereocenters. The minimum absolute atomic E-state index is 0.237. The first-order chi connectivity index (χ1) is 7.82. The summed E-state index contributed by atoms with van der Waals surface area (Å²) in [5, 5.41) is 10.3. The van der Waals surface area contributed by atoms with E-state index >= 15 is 0 Å². The Morgan fingerprint density at radius 3 is 2.53 bits per heavy atom. The zero-order valence-electron chi connectivity index (χ0n) is 10.5. The third-order valence-corrected chi connectivity index (χ3v) is 3.67. The van der Waals surface area contributed by atoms with E-state index in [9.17, 15) is 5.11 Å². The van der Waals surface area contributed by atoms with E-state index in [0.29, 0.717) is 11.7 Å². The molecule has 0 aliphatic carbocycles. The SMILES string of the molecule is CC(C)c1c(C(C)(C)O)cc2c(c1Br)OCO2. The highest BCUT2D eigenvalue weighted by molar-refractivity contribution is 9.10. The summed E-state index contributed by atoms with van der Waals surface area (Å²) in [6.07, 6.45) is 0. The normalized spacial score (nSPS) is 14.5. The minimum Gasteiger partial charge on any atom is -0.454 e. The molecule has 0 bridgehead atoms. The summed E-state index contributed by atoms with van der Waals surface area (Å²) in [6.45, 7) is 7.99. The van der Waals surface area contributed by atoms with Crippen molar-refractivity contribution >= 4 is 15.9 Å². The number of fused-ring (bicyclic) bond motifs is 1. The second kappa shape index (κ2) is 4.18. The average molecular weight is 301 g/mol. The standard InChI is InChI=1S/C13H17BrO3/c1-7(2)10-8(13(3,4)15)5-9-12(11(10)14)17-6-16-9/h5,7,15H,6H2,1-4H3. The van der Waals surface area contributed by atoms with Crippen LogP contribution in [0.1, 0.15) is 44.7 Å². The molecule has 3 nitrogen and oxygen atoms in total. The van der Waals surface area contributed by atoms with E-state index in [1.807, 2.05) is 6.07 Å². The van der Waals surface area contributed by atoms with Gasteiger partial charge in [-0.15, -0.1) is 0 Å². The van der Waals surface area contributed by atoms with Gasteiger partial charge in [0.1, 0.15) is 0 Å². The second-order valence-corrected chi connectivity index (χ2v) is 5.89. The van der Waals surface area contributed by atoms with Crippen LogP contribution >= 0.6 is 15.9 Å². The van der Waals surface area contributed by atoms with Crippen molar-refractivity contribution < 1.29 is 14.6 Å². The number of rotatable bonds is 2. The van der Waals surface area contributed by atoms with Gasteiger partial charge in [-0.3, -0.25) is 0 Å². The van der Waals surface area contributed by atoms with Gasteiger partial charge >= 0.3 is 0 Å². The third kappa shape index (κ3) is 2.16. The van der Waals surface area contributed by atoms with E-state index in [1.165, 1.54) is 0 Å². The summed E-state index contributed by atoms with van der Waals surface area (Å²) in [5.41, 5.74) is 1.05. The van der Waals surface area contributed by atoms with Crippen LogP contribution in [0.15, 0.2) is 10.5 Å². The first-order valence-electron chi connectivity index (χ1n) is 5.67. The highest BCUT2D eigenvalue weighted by Crippen LogP contribution is 2.47. The van der Waals surface area contributed by atoms with Gasteiger partial charge < -0.3 is 14.6 Å². The third-order valence-electron chi connectivity index (χ3n) is 2.88. The Morgan fingerprint density at radius 1 is 1.35 bits per heavy atom. The number of ether oxygens (including phenoxy) is 2. The van der Waals surface area contributed by atoms with Crippen molar-refractivity contribution in [1.82, 2.24) is 0 Å². The van der Waals surface area contributed by atoms with Crippen LogP contribution in [0.25, 0.3) is 0 Å². The van der Waals surface area contributed by atoms with Gasteiger partial charge in [-0.2, -0.15) is 0 Å².